The lowest BCUT2D eigenvalue weighted by Gasteiger charge is -2.25. The first-order valence-corrected chi connectivity index (χ1v) is 18.7. The standard InChI is InChI=1S/C53H36/c1-53(2)51-38-29-28-37(32-35(38)27-30-47(51)50-41-21-8-6-19-39(41)40-20-7-13-26-46(40)52(50)53)49-44-24-11-9-22-42(44)48(43-23-10-12-25-45(43)49)36-18-14-17-34(31-36)33-15-4-3-5-16-33/h3-32H,1-2H3. The first-order valence-electron chi connectivity index (χ1n) is 18.7. The highest BCUT2D eigenvalue weighted by atomic mass is 14.4. The molecule has 0 atom stereocenters. The van der Waals surface area contributed by atoms with Gasteiger partial charge >= 0.3 is 0 Å². The summed E-state index contributed by atoms with van der Waals surface area (Å²) in [4.78, 5) is 0. The molecule has 0 saturated heterocycles. The van der Waals surface area contributed by atoms with E-state index >= 15 is 0 Å². The number of hydrogen-bond acceptors (Lipinski definition) is 0. The van der Waals surface area contributed by atoms with E-state index in [0.29, 0.717) is 0 Å². The summed E-state index contributed by atoms with van der Waals surface area (Å²) in [5.41, 5.74) is 13.0. The van der Waals surface area contributed by atoms with Crippen LogP contribution in [0.1, 0.15) is 25.0 Å². The van der Waals surface area contributed by atoms with Crippen molar-refractivity contribution in [2.75, 3.05) is 0 Å². The van der Waals surface area contributed by atoms with E-state index in [4.69, 9.17) is 0 Å². The summed E-state index contributed by atoms with van der Waals surface area (Å²) >= 11 is 0. The van der Waals surface area contributed by atoms with E-state index in [1.807, 2.05) is 0 Å². The minimum atomic E-state index is -0.162. The molecule has 10 aromatic rings. The largest absolute Gasteiger partial charge is 0.0622 e. The average Bonchev–Trinajstić information content (AvgIpc) is 3.47. The van der Waals surface area contributed by atoms with Gasteiger partial charge in [-0.15, -0.1) is 0 Å². The summed E-state index contributed by atoms with van der Waals surface area (Å²) in [7, 11) is 0. The molecule has 53 heavy (non-hydrogen) atoms. The molecule has 1 aliphatic carbocycles. The van der Waals surface area contributed by atoms with Crippen LogP contribution in [-0.4, -0.2) is 0 Å². The normalized spacial score (nSPS) is 13.2. The lowest BCUT2D eigenvalue weighted by Crippen LogP contribution is -2.16. The fourth-order valence-electron chi connectivity index (χ4n) is 9.80. The monoisotopic (exact) mass is 672 g/mol. The SMILES string of the molecule is CC1(C)c2c(ccc3cc(-c4c5ccccc5c(-c5cccc(-c6ccccc6)c5)c5ccccc45)ccc23)-c2c1c1ccccc1c1ccccc21. The highest BCUT2D eigenvalue weighted by Crippen LogP contribution is 2.56. The van der Waals surface area contributed by atoms with Gasteiger partial charge in [-0.1, -0.05) is 184 Å². The van der Waals surface area contributed by atoms with Crippen molar-refractivity contribution in [1.29, 1.82) is 0 Å². The molecule has 0 bridgehead atoms. The molecular formula is C53H36. The molecule has 0 radical (unpaired) electrons. The molecule has 0 spiro atoms. The van der Waals surface area contributed by atoms with Crippen LogP contribution in [0.3, 0.4) is 0 Å². The molecule has 1 aliphatic rings. The molecule has 10 aromatic carbocycles. The van der Waals surface area contributed by atoms with Crippen LogP contribution in [0, 0.1) is 0 Å². The lowest BCUT2D eigenvalue weighted by atomic mass is 9.77. The zero-order valence-electron chi connectivity index (χ0n) is 29.8. The molecule has 0 aliphatic heterocycles. The van der Waals surface area contributed by atoms with Crippen molar-refractivity contribution >= 4 is 53.9 Å². The van der Waals surface area contributed by atoms with Crippen LogP contribution in [0.4, 0.5) is 0 Å². The van der Waals surface area contributed by atoms with Gasteiger partial charge in [0.15, 0.2) is 0 Å². The zero-order chi connectivity index (χ0) is 35.3. The Kier molecular flexibility index (Phi) is 6.40. The Bertz CT molecular complexity index is 3070. The van der Waals surface area contributed by atoms with Crippen molar-refractivity contribution in [2.45, 2.75) is 19.3 Å². The first-order chi connectivity index (χ1) is 26.1. The van der Waals surface area contributed by atoms with Crippen LogP contribution >= 0.6 is 0 Å². The second kappa shape index (κ2) is 11.2. The number of fused-ring (bicyclic) bond motifs is 12. The summed E-state index contributed by atoms with van der Waals surface area (Å²) in [6.45, 7) is 4.86. The van der Waals surface area contributed by atoms with Crippen LogP contribution < -0.4 is 0 Å². The van der Waals surface area contributed by atoms with Crippen molar-refractivity contribution in [3.8, 4) is 44.5 Å². The number of rotatable bonds is 3. The molecule has 0 saturated carbocycles. The van der Waals surface area contributed by atoms with Gasteiger partial charge < -0.3 is 0 Å². The smallest absolute Gasteiger partial charge is 0.0171 e. The Morgan fingerprint density at radius 3 is 1.38 bits per heavy atom. The van der Waals surface area contributed by atoms with Gasteiger partial charge in [0.2, 0.25) is 0 Å². The minimum Gasteiger partial charge on any atom is -0.0622 e. The van der Waals surface area contributed by atoms with Crippen molar-refractivity contribution in [2.24, 2.45) is 0 Å². The average molecular weight is 673 g/mol. The molecule has 0 unspecified atom stereocenters. The Morgan fingerprint density at radius 2 is 0.755 bits per heavy atom. The molecule has 0 amide bonds. The number of benzene rings is 10. The van der Waals surface area contributed by atoms with E-state index in [9.17, 15) is 0 Å². The first kappa shape index (κ1) is 30.2. The van der Waals surface area contributed by atoms with E-state index in [0.717, 1.165) is 0 Å². The third kappa shape index (κ3) is 4.30. The van der Waals surface area contributed by atoms with Crippen LogP contribution in [0.25, 0.3) is 98.4 Å². The third-order valence-electron chi connectivity index (χ3n) is 12.0. The molecule has 0 fully saturated rings. The van der Waals surface area contributed by atoms with Crippen LogP contribution in [0.5, 0.6) is 0 Å². The quantitative estimate of drug-likeness (QED) is 0.129. The summed E-state index contributed by atoms with van der Waals surface area (Å²) in [6, 6.07) is 67.6. The topological polar surface area (TPSA) is 0 Å². The van der Waals surface area contributed by atoms with Gasteiger partial charge in [-0.05, 0) is 122 Å². The minimum absolute atomic E-state index is 0.162. The van der Waals surface area contributed by atoms with E-state index in [1.54, 1.807) is 0 Å². The maximum atomic E-state index is 2.44. The lowest BCUT2D eigenvalue weighted by molar-refractivity contribution is 0.672. The van der Waals surface area contributed by atoms with Gasteiger partial charge in [0.1, 0.15) is 0 Å². The highest BCUT2D eigenvalue weighted by molar-refractivity contribution is 6.23. The molecule has 0 heteroatoms. The predicted molar refractivity (Wildman–Crippen MR) is 228 cm³/mol. The summed E-state index contributed by atoms with van der Waals surface area (Å²) in [5, 5.41) is 13.1. The second-order valence-corrected chi connectivity index (χ2v) is 15.2. The summed E-state index contributed by atoms with van der Waals surface area (Å²) in [6.07, 6.45) is 0. The van der Waals surface area contributed by atoms with Crippen molar-refractivity contribution < 1.29 is 0 Å². The van der Waals surface area contributed by atoms with E-state index < -0.39 is 0 Å². The number of hydrogen-bond donors (Lipinski definition) is 0. The summed E-state index contributed by atoms with van der Waals surface area (Å²) < 4.78 is 0. The molecule has 0 nitrogen and oxygen atoms in total. The zero-order valence-corrected chi connectivity index (χ0v) is 29.8. The van der Waals surface area contributed by atoms with Gasteiger partial charge in [-0.25, -0.2) is 0 Å². The third-order valence-corrected chi connectivity index (χ3v) is 12.0. The van der Waals surface area contributed by atoms with Crippen LogP contribution in [-0.2, 0) is 5.41 Å². The fraction of sp³-hybridized carbons (Fsp3) is 0.0566. The van der Waals surface area contributed by atoms with Crippen LogP contribution in [0.15, 0.2) is 182 Å². The van der Waals surface area contributed by atoms with Gasteiger partial charge in [0.25, 0.3) is 0 Å². The predicted octanol–water partition coefficient (Wildman–Crippen LogP) is 14.8. The Hall–Kier alpha value is -6.50. The maximum Gasteiger partial charge on any atom is 0.0171 e. The van der Waals surface area contributed by atoms with Gasteiger partial charge in [0.05, 0.1) is 0 Å². The molecule has 248 valence electrons. The van der Waals surface area contributed by atoms with E-state index in [2.05, 4.69) is 196 Å². The fourth-order valence-corrected chi connectivity index (χ4v) is 9.80. The van der Waals surface area contributed by atoms with Crippen molar-refractivity contribution in [3.63, 3.8) is 0 Å². The highest BCUT2D eigenvalue weighted by Gasteiger charge is 2.39. The molecule has 0 aromatic heterocycles. The van der Waals surface area contributed by atoms with Crippen molar-refractivity contribution in [1.82, 2.24) is 0 Å². The van der Waals surface area contributed by atoms with Gasteiger partial charge in [0, 0.05) is 5.41 Å². The molecule has 0 heterocycles. The molecular weight excluding hydrogens is 637 g/mol. The second-order valence-electron chi connectivity index (χ2n) is 15.2. The van der Waals surface area contributed by atoms with Crippen LogP contribution in [0.2, 0.25) is 0 Å². The summed E-state index contributed by atoms with van der Waals surface area (Å²) in [5.74, 6) is 0. The maximum absolute atomic E-state index is 2.44. The van der Waals surface area contributed by atoms with E-state index in [1.165, 1.54) is 109 Å². The van der Waals surface area contributed by atoms with Gasteiger partial charge in [-0.3, -0.25) is 0 Å². The van der Waals surface area contributed by atoms with Gasteiger partial charge in [-0.2, -0.15) is 0 Å². The van der Waals surface area contributed by atoms with Crippen molar-refractivity contribution in [3.05, 3.63) is 193 Å². The molecule has 11 rings (SSSR count). The Labute approximate surface area is 309 Å². The Balaban J connectivity index is 1.14. The molecule has 0 N–H and O–H groups in total. The van der Waals surface area contributed by atoms with E-state index in [-0.39, 0.29) is 5.41 Å². The Morgan fingerprint density at radius 1 is 0.283 bits per heavy atom.